The fourth-order valence-corrected chi connectivity index (χ4v) is 4.90. The summed E-state index contributed by atoms with van der Waals surface area (Å²) in [6, 6.07) is 9.81. The van der Waals surface area contributed by atoms with Crippen molar-refractivity contribution in [3.63, 3.8) is 0 Å². The number of nitro benzene ring substituents is 1. The van der Waals surface area contributed by atoms with Gasteiger partial charge in [0.2, 0.25) is 15.8 Å². The third-order valence-electron chi connectivity index (χ3n) is 4.87. The molecule has 0 bridgehead atoms. The second-order valence-corrected chi connectivity index (χ2v) is 9.12. The van der Waals surface area contributed by atoms with Gasteiger partial charge in [0.1, 0.15) is 5.75 Å². The normalized spacial score (nSPS) is 17.7. The maximum Gasteiger partial charge on any atom is 0.312 e. The molecule has 0 N–H and O–H groups in total. The molecule has 1 heterocycles. The highest BCUT2D eigenvalue weighted by Crippen LogP contribution is 2.35. The van der Waals surface area contributed by atoms with Gasteiger partial charge in [-0.15, -0.1) is 0 Å². The number of hydrogen-bond donors (Lipinski definition) is 0. The van der Waals surface area contributed by atoms with Crippen LogP contribution in [0.3, 0.4) is 0 Å². The number of ketones is 1. The van der Waals surface area contributed by atoms with E-state index in [-0.39, 0.29) is 22.3 Å². The zero-order valence-electron chi connectivity index (χ0n) is 16.2. The number of piperidine rings is 1. The first-order valence-electron chi connectivity index (χ1n) is 9.26. The van der Waals surface area contributed by atoms with Crippen LogP contribution in [0.25, 0.3) is 0 Å². The number of Topliss-reactive ketones (excluding diaryl/α,β-unsaturated/α-hetero) is 1. The maximum absolute atomic E-state index is 12.9. The van der Waals surface area contributed by atoms with E-state index in [0.29, 0.717) is 24.4 Å². The summed E-state index contributed by atoms with van der Waals surface area (Å²) in [6.45, 7) is 4.22. The van der Waals surface area contributed by atoms with Crippen LogP contribution in [-0.4, -0.2) is 36.5 Å². The van der Waals surface area contributed by atoms with Gasteiger partial charge in [-0.2, -0.15) is 4.31 Å². The number of hydrogen-bond acceptors (Lipinski definition) is 6. The van der Waals surface area contributed by atoms with Crippen LogP contribution in [0.15, 0.2) is 47.4 Å². The molecule has 1 fully saturated rings. The molecule has 1 saturated heterocycles. The lowest BCUT2D eigenvalue weighted by Gasteiger charge is -2.30. The second kappa shape index (κ2) is 8.30. The molecule has 0 radical (unpaired) electrons. The Hall–Kier alpha value is -2.78. The molecule has 2 aromatic carbocycles. The standard InChI is InChI=1S/C20H22N2O6S/c1-14-4-3-11-21(13-14)29(26,27)18-9-10-20(19(12-18)22(24)25)28-17-7-5-16(6-8-17)15(2)23/h5-10,12,14H,3-4,11,13H2,1-2H3/t14-/m0/s1. The first-order chi connectivity index (χ1) is 13.7. The molecule has 0 spiro atoms. The molecular weight excluding hydrogens is 396 g/mol. The number of ether oxygens (including phenoxy) is 1. The monoisotopic (exact) mass is 418 g/mol. The average molecular weight is 418 g/mol. The van der Waals surface area contributed by atoms with Gasteiger partial charge in [0, 0.05) is 24.7 Å². The lowest BCUT2D eigenvalue weighted by atomic mass is 10.0. The van der Waals surface area contributed by atoms with Crippen LogP contribution in [0.5, 0.6) is 11.5 Å². The fourth-order valence-electron chi connectivity index (χ4n) is 3.28. The molecule has 1 aliphatic heterocycles. The zero-order valence-corrected chi connectivity index (χ0v) is 17.0. The van der Waals surface area contributed by atoms with Crippen LogP contribution in [0.2, 0.25) is 0 Å². The molecule has 0 unspecified atom stereocenters. The Morgan fingerprint density at radius 1 is 1.21 bits per heavy atom. The van der Waals surface area contributed by atoms with Gasteiger partial charge in [0.25, 0.3) is 0 Å². The third-order valence-corrected chi connectivity index (χ3v) is 6.73. The molecule has 2 aromatic rings. The van der Waals surface area contributed by atoms with Crippen LogP contribution >= 0.6 is 0 Å². The first-order valence-corrected chi connectivity index (χ1v) is 10.7. The van der Waals surface area contributed by atoms with E-state index < -0.39 is 20.6 Å². The van der Waals surface area contributed by atoms with Crippen LogP contribution in [0.4, 0.5) is 5.69 Å². The summed E-state index contributed by atoms with van der Waals surface area (Å²) in [5, 5.41) is 11.5. The van der Waals surface area contributed by atoms with E-state index in [4.69, 9.17) is 4.74 Å². The molecule has 0 saturated carbocycles. The molecular formula is C20H22N2O6S. The summed E-state index contributed by atoms with van der Waals surface area (Å²) in [5.74, 6) is 0.369. The fraction of sp³-hybridized carbons (Fsp3) is 0.350. The highest BCUT2D eigenvalue weighted by atomic mass is 32.2. The Labute approximate surface area is 169 Å². The molecule has 0 aromatic heterocycles. The molecule has 8 nitrogen and oxygen atoms in total. The number of nitro groups is 1. The average Bonchev–Trinajstić information content (AvgIpc) is 2.68. The molecule has 0 amide bonds. The topological polar surface area (TPSA) is 107 Å². The van der Waals surface area contributed by atoms with Crippen molar-refractivity contribution >= 4 is 21.5 Å². The highest BCUT2D eigenvalue weighted by molar-refractivity contribution is 7.89. The molecule has 1 atom stereocenters. The molecule has 3 rings (SSSR count). The van der Waals surface area contributed by atoms with Crippen LogP contribution in [0.1, 0.15) is 37.0 Å². The van der Waals surface area contributed by atoms with Crippen molar-refractivity contribution in [2.75, 3.05) is 13.1 Å². The first kappa shape index (κ1) is 20.9. The second-order valence-electron chi connectivity index (χ2n) is 7.18. The van der Waals surface area contributed by atoms with Gasteiger partial charge in [0.05, 0.1) is 9.82 Å². The predicted octanol–water partition coefficient (Wildman–Crippen LogP) is 4.01. The van der Waals surface area contributed by atoms with Crippen molar-refractivity contribution < 1.29 is 22.9 Å². The number of carbonyl (C=O) groups is 1. The van der Waals surface area contributed by atoms with Crippen molar-refractivity contribution in [3.05, 3.63) is 58.1 Å². The van der Waals surface area contributed by atoms with Gasteiger partial charge in [0.15, 0.2) is 5.78 Å². The molecule has 0 aliphatic carbocycles. The molecule has 154 valence electrons. The quantitative estimate of drug-likeness (QED) is 0.398. The van der Waals surface area contributed by atoms with E-state index >= 15 is 0 Å². The van der Waals surface area contributed by atoms with Crippen molar-refractivity contribution in [1.82, 2.24) is 4.31 Å². The number of nitrogens with zero attached hydrogens (tertiary/aromatic N) is 2. The third kappa shape index (κ3) is 4.63. The minimum atomic E-state index is -3.82. The van der Waals surface area contributed by atoms with E-state index in [1.54, 1.807) is 12.1 Å². The molecule has 29 heavy (non-hydrogen) atoms. The van der Waals surface area contributed by atoms with E-state index in [1.807, 2.05) is 6.92 Å². The van der Waals surface area contributed by atoms with Crippen LogP contribution < -0.4 is 4.74 Å². The Morgan fingerprint density at radius 2 is 1.90 bits per heavy atom. The summed E-state index contributed by atoms with van der Waals surface area (Å²) in [4.78, 5) is 22.1. The van der Waals surface area contributed by atoms with Gasteiger partial charge < -0.3 is 4.74 Å². The smallest absolute Gasteiger partial charge is 0.312 e. The van der Waals surface area contributed by atoms with Crippen molar-refractivity contribution in [1.29, 1.82) is 0 Å². The number of benzene rings is 2. The minimum absolute atomic E-state index is 0.0727. The SMILES string of the molecule is CC(=O)c1ccc(Oc2ccc(S(=O)(=O)N3CCC[C@H](C)C3)cc2[N+](=O)[O-])cc1. The van der Waals surface area contributed by atoms with E-state index in [0.717, 1.165) is 18.9 Å². The van der Waals surface area contributed by atoms with Crippen LogP contribution in [-0.2, 0) is 10.0 Å². The maximum atomic E-state index is 12.9. The minimum Gasteiger partial charge on any atom is -0.450 e. The number of sulfonamides is 1. The Bertz CT molecular complexity index is 1030. The van der Waals surface area contributed by atoms with Gasteiger partial charge in [-0.1, -0.05) is 6.92 Å². The largest absolute Gasteiger partial charge is 0.450 e. The number of rotatable bonds is 6. The lowest BCUT2D eigenvalue weighted by molar-refractivity contribution is -0.385. The Morgan fingerprint density at radius 3 is 2.48 bits per heavy atom. The van der Waals surface area contributed by atoms with Gasteiger partial charge in [-0.3, -0.25) is 14.9 Å². The van der Waals surface area contributed by atoms with Crippen molar-refractivity contribution in [2.45, 2.75) is 31.6 Å². The number of carbonyl (C=O) groups excluding carboxylic acids is 1. The summed E-state index contributed by atoms with van der Waals surface area (Å²) in [6.07, 6.45) is 1.72. The Kier molecular flexibility index (Phi) is 5.99. The zero-order chi connectivity index (χ0) is 21.2. The molecule has 9 heteroatoms. The van der Waals surface area contributed by atoms with Crippen molar-refractivity contribution in [3.8, 4) is 11.5 Å². The van der Waals surface area contributed by atoms with E-state index in [1.165, 1.54) is 35.5 Å². The lowest BCUT2D eigenvalue weighted by Crippen LogP contribution is -2.39. The predicted molar refractivity (Wildman–Crippen MR) is 107 cm³/mol. The van der Waals surface area contributed by atoms with Crippen molar-refractivity contribution in [2.24, 2.45) is 5.92 Å². The Balaban J connectivity index is 1.91. The summed E-state index contributed by atoms with van der Waals surface area (Å²) >= 11 is 0. The highest BCUT2D eigenvalue weighted by Gasteiger charge is 2.31. The van der Waals surface area contributed by atoms with E-state index in [2.05, 4.69) is 0 Å². The summed E-state index contributed by atoms with van der Waals surface area (Å²) in [5.41, 5.74) is 0.0517. The van der Waals surface area contributed by atoms with Gasteiger partial charge in [-0.25, -0.2) is 8.42 Å². The van der Waals surface area contributed by atoms with Gasteiger partial charge in [-0.05, 0) is 62.1 Å². The van der Waals surface area contributed by atoms with Crippen LogP contribution in [0, 0.1) is 16.0 Å². The summed E-state index contributed by atoms with van der Waals surface area (Å²) in [7, 11) is -3.82. The molecule has 1 aliphatic rings. The summed E-state index contributed by atoms with van der Waals surface area (Å²) < 4.78 is 32.8. The van der Waals surface area contributed by atoms with E-state index in [9.17, 15) is 23.3 Å². The van der Waals surface area contributed by atoms with Gasteiger partial charge >= 0.3 is 5.69 Å².